The van der Waals surface area contributed by atoms with Gasteiger partial charge >= 0.3 is 5.97 Å². The van der Waals surface area contributed by atoms with Crippen LogP contribution in [0.2, 0.25) is 0 Å². The lowest BCUT2D eigenvalue weighted by Gasteiger charge is -2.37. The topological polar surface area (TPSA) is 119 Å². The van der Waals surface area contributed by atoms with Crippen molar-refractivity contribution in [1.82, 2.24) is 10.2 Å². The summed E-state index contributed by atoms with van der Waals surface area (Å²) in [4.78, 5) is 54.9. The van der Waals surface area contributed by atoms with E-state index in [0.717, 1.165) is 17.7 Å². The second kappa shape index (κ2) is 11.9. The van der Waals surface area contributed by atoms with Gasteiger partial charge < -0.3 is 25.5 Å². The van der Waals surface area contributed by atoms with E-state index in [4.69, 9.17) is 0 Å². The van der Waals surface area contributed by atoms with Crippen molar-refractivity contribution < 1.29 is 28.7 Å². The Morgan fingerprint density at radius 3 is 2.27 bits per heavy atom. The molecule has 1 aromatic heterocycles. The number of benzene rings is 2. The lowest BCUT2D eigenvalue weighted by atomic mass is 10.1. The van der Waals surface area contributed by atoms with Crippen LogP contribution >= 0.6 is 11.3 Å². The van der Waals surface area contributed by atoms with Crippen LogP contribution in [-0.4, -0.2) is 59.9 Å². The summed E-state index contributed by atoms with van der Waals surface area (Å²) in [7, 11) is 0. The number of amides is 3. The molecular weight excluding hydrogens is 535 g/mol. The molecule has 2 heterocycles. The lowest BCUT2D eigenvalue weighted by molar-refractivity contribution is -0.137. The van der Waals surface area contributed by atoms with Crippen molar-refractivity contribution in [2.45, 2.75) is 25.3 Å². The molecule has 1 aliphatic carbocycles. The van der Waals surface area contributed by atoms with Gasteiger partial charge in [0.1, 0.15) is 5.82 Å². The third-order valence-electron chi connectivity index (χ3n) is 7.04. The van der Waals surface area contributed by atoms with Crippen LogP contribution in [-0.2, 0) is 9.59 Å². The third kappa shape index (κ3) is 6.48. The van der Waals surface area contributed by atoms with Crippen LogP contribution in [0.25, 0.3) is 0 Å². The molecule has 0 spiro atoms. The second-order valence-corrected chi connectivity index (χ2v) is 10.9. The van der Waals surface area contributed by atoms with Crippen molar-refractivity contribution in [2.24, 2.45) is 5.92 Å². The average molecular weight is 565 g/mol. The number of hydrogen-bond donors (Lipinski definition) is 3. The van der Waals surface area contributed by atoms with E-state index in [1.54, 1.807) is 30.3 Å². The monoisotopic (exact) mass is 564 g/mol. The molecule has 1 aliphatic heterocycles. The average Bonchev–Trinajstić information content (AvgIpc) is 3.65. The molecule has 40 heavy (non-hydrogen) atoms. The van der Waals surface area contributed by atoms with Gasteiger partial charge in [-0.3, -0.25) is 19.2 Å². The number of nitrogens with one attached hydrogen (secondary N) is 2. The van der Waals surface area contributed by atoms with Gasteiger partial charge in [-0.2, -0.15) is 0 Å². The molecule has 11 heteroatoms. The van der Waals surface area contributed by atoms with E-state index in [1.165, 1.54) is 35.6 Å². The Hall–Kier alpha value is -4.25. The Bertz CT molecular complexity index is 1400. The van der Waals surface area contributed by atoms with Crippen LogP contribution in [0.5, 0.6) is 0 Å². The third-order valence-corrected chi connectivity index (χ3v) is 8.03. The summed E-state index contributed by atoms with van der Waals surface area (Å²) in [5.74, 6) is -2.11. The van der Waals surface area contributed by atoms with Gasteiger partial charge in [-0.25, -0.2) is 4.39 Å². The van der Waals surface area contributed by atoms with Crippen LogP contribution in [0.1, 0.15) is 50.9 Å². The minimum absolute atomic E-state index is 0.147. The summed E-state index contributed by atoms with van der Waals surface area (Å²) in [6.07, 6.45) is 1.62. The molecule has 208 valence electrons. The molecule has 0 radical (unpaired) electrons. The number of carboxylic acids is 1. The molecule has 0 bridgehead atoms. The molecule has 5 rings (SSSR count). The highest BCUT2D eigenvalue weighted by Gasteiger charge is 2.35. The van der Waals surface area contributed by atoms with Crippen molar-refractivity contribution in [3.63, 3.8) is 0 Å². The van der Waals surface area contributed by atoms with E-state index in [0.29, 0.717) is 37.6 Å². The fourth-order valence-electron chi connectivity index (χ4n) is 4.73. The largest absolute Gasteiger partial charge is 0.481 e. The number of anilines is 2. The molecule has 3 N–H and O–H groups in total. The molecule has 1 unspecified atom stereocenters. The first-order valence-electron chi connectivity index (χ1n) is 13.1. The Morgan fingerprint density at radius 2 is 1.65 bits per heavy atom. The molecule has 3 amide bonds. The van der Waals surface area contributed by atoms with Crippen LogP contribution in [0.4, 0.5) is 15.8 Å². The van der Waals surface area contributed by atoms with Crippen molar-refractivity contribution in [3.05, 3.63) is 81.8 Å². The van der Waals surface area contributed by atoms with Crippen LogP contribution in [0, 0.1) is 11.7 Å². The molecule has 2 aromatic carbocycles. The summed E-state index contributed by atoms with van der Waals surface area (Å²) < 4.78 is 13.4. The van der Waals surface area contributed by atoms with E-state index in [-0.39, 0.29) is 29.4 Å². The number of hydrogen-bond acceptors (Lipinski definition) is 6. The Morgan fingerprint density at radius 1 is 0.950 bits per heavy atom. The zero-order chi connectivity index (χ0) is 28.2. The lowest BCUT2D eigenvalue weighted by Crippen LogP contribution is -2.49. The molecule has 1 saturated heterocycles. The maximum Gasteiger partial charge on any atom is 0.305 e. The molecule has 9 nitrogen and oxygen atoms in total. The number of halogens is 1. The van der Waals surface area contributed by atoms with Gasteiger partial charge in [0.05, 0.1) is 23.8 Å². The number of aliphatic carboxylic acids is 1. The fraction of sp³-hybridized carbons (Fsp3) is 0.310. The predicted molar refractivity (Wildman–Crippen MR) is 149 cm³/mol. The fourth-order valence-corrected chi connectivity index (χ4v) is 5.51. The van der Waals surface area contributed by atoms with Crippen molar-refractivity contribution in [3.8, 4) is 0 Å². The first kappa shape index (κ1) is 27.3. The van der Waals surface area contributed by atoms with Gasteiger partial charge in [-0.15, -0.1) is 11.3 Å². The Labute approximate surface area is 234 Å². The quantitative estimate of drug-likeness (QED) is 0.360. The minimum Gasteiger partial charge on any atom is -0.481 e. The maximum absolute atomic E-state index is 13.4. The van der Waals surface area contributed by atoms with Gasteiger partial charge in [-0.05, 0) is 66.8 Å². The predicted octanol–water partition coefficient (Wildman–Crippen LogP) is 4.14. The Kier molecular flexibility index (Phi) is 8.11. The first-order chi connectivity index (χ1) is 19.3. The van der Waals surface area contributed by atoms with Gasteiger partial charge in [0.25, 0.3) is 11.8 Å². The van der Waals surface area contributed by atoms with E-state index < -0.39 is 29.6 Å². The number of thiophene rings is 1. The van der Waals surface area contributed by atoms with Gasteiger partial charge in [0.2, 0.25) is 5.91 Å². The van der Waals surface area contributed by atoms with Crippen LogP contribution < -0.4 is 15.5 Å². The number of carboxylic acid groups (broad SMARTS) is 1. The smallest absolute Gasteiger partial charge is 0.305 e. The van der Waals surface area contributed by atoms with Crippen molar-refractivity contribution in [1.29, 1.82) is 0 Å². The number of rotatable bonds is 9. The molecule has 2 fully saturated rings. The summed E-state index contributed by atoms with van der Waals surface area (Å²) in [6.45, 7) is 2.23. The van der Waals surface area contributed by atoms with Gasteiger partial charge in [0.15, 0.2) is 0 Å². The van der Waals surface area contributed by atoms with Gasteiger partial charge in [-0.1, -0.05) is 6.07 Å². The molecule has 2 aliphatic rings. The van der Waals surface area contributed by atoms with Crippen molar-refractivity contribution in [2.75, 3.05) is 36.4 Å². The number of nitrogens with zero attached hydrogens (tertiary/aromatic N) is 2. The van der Waals surface area contributed by atoms with E-state index in [9.17, 15) is 28.7 Å². The highest BCUT2D eigenvalue weighted by molar-refractivity contribution is 7.10. The summed E-state index contributed by atoms with van der Waals surface area (Å²) in [6, 6.07) is 12.9. The molecule has 3 aromatic rings. The highest BCUT2D eigenvalue weighted by atomic mass is 32.1. The molecular formula is C29H29FN4O5S. The van der Waals surface area contributed by atoms with Crippen LogP contribution in [0.3, 0.4) is 0 Å². The zero-order valence-corrected chi connectivity index (χ0v) is 22.5. The number of piperazine rings is 1. The minimum atomic E-state index is -1.04. The Balaban J connectivity index is 1.38. The summed E-state index contributed by atoms with van der Waals surface area (Å²) in [5, 5.41) is 16.8. The highest BCUT2D eigenvalue weighted by Crippen LogP contribution is 2.33. The molecule has 1 saturated carbocycles. The second-order valence-electron chi connectivity index (χ2n) is 9.92. The number of carbonyl (C=O) groups is 4. The normalized spacial score (nSPS) is 15.8. The zero-order valence-electron chi connectivity index (χ0n) is 21.6. The SMILES string of the molecule is O=C(O)CC(NC(=O)c1ccc(N2CCN(C(=O)C3CC3)CC2)c(NC(=O)c2ccc(F)cc2)c1)c1cccs1. The number of carbonyl (C=O) groups excluding carboxylic acids is 3. The van der Waals surface area contributed by atoms with Crippen molar-refractivity contribution >= 4 is 46.4 Å². The van der Waals surface area contributed by atoms with E-state index >= 15 is 0 Å². The maximum atomic E-state index is 13.4. The van der Waals surface area contributed by atoms with Crippen LogP contribution in [0.15, 0.2) is 60.0 Å². The first-order valence-corrected chi connectivity index (χ1v) is 14.0. The van der Waals surface area contributed by atoms with E-state index in [2.05, 4.69) is 15.5 Å². The summed E-state index contributed by atoms with van der Waals surface area (Å²) >= 11 is 1.35. The summed E-state index contributed by atoms with van der Waals surface area (Å²) in [5.41, 5.74) is 1.56. The van der Waals surface area contributed by atoms with E-state index in [1.807, 2.05) is 10.3 Å². The van der Waals surface area contributed by atoms with Gasteiger partial charge in [0, 0.05) is 48.1 Å². The standard InChI is InChI=1S/C29H29FN4O5S/c30-21-8-5-18(6-9-21)27(37)31-22-16-20(28(38)32-23(17-26(35)36)25-2-1-15-40-25)7-10-24(22)33-11-13-34(14-12-33)29(39)19-3-4-19/h1-2,5-10,15-16,19,23H,3-4,11-14,17H2,(H,31,37)(H,32,38)(H,35,36). The molecule has 1 atom stereocenters.